The lowest BCUT2D eigenvalue weighted by molar-refractivity contribution is -0.127. The summed E-state index contributed by atoms with van der Waals surface area (Å²) in [5.74, 6) is 0.377. The van der Waals surface area contributed by atoms with Crippen LogP contribution in [0.25, 0.3) is 16.9 Å². The van der Waals surface area contributed by atoms with Crippen molar-refractivity contribution in [2.45, 2.75) is 97.1 Å². The Hall–Kier alpha value is -3.40. The fourth-order valence-electron chi connectivity index (χ4n) is 5.97. The molecule has 1 fully saturated rings. The highest BCUT2D eigenvalue weighted by molar-refractivity contribution is 5.79. The number of amides is 2. The minimum atomic E-state index is -0.835. The average molecular weight is 564 g/mol. The van der Waals surface area contributed by atoms with Crippen LogP contribution in [0.1, 0.15) is 83.7 Å². The Balaban J connectivity index is 1.56. The van der Waals surface area contributed by atoms with Crippen LogP contribution in [0.15, 0.2) is 30.7 Å². The first-order chi connectivity index (χ1) is 19.8. The van der Waals surface area contributed by atoms with Crippen LogP contribution in [0.3, 0.4) is 0 Å². The molecule has 3 aromatic heterocycles. The molecule has 0 spiro atoms. The van der Waals surface area contributed by atoms with E-state index in [9.17, 15) is 14.7 Å². The fraction of sp³-hybridized carbons (Fsp3) is 0.613. The Labute approximate surface area is 242 Å². The van der Waals surface area contributed by atoms with Crippen LogP contribution in [-0.2, 0) is 22.4 Å². The minimum Gasteiger partial charge on any atom is -0.391 e. The molecule has 0 radical (unpaired) electrons. The van der Waals surface area contributed by atoms with Crippen molar-refractivity contribution in [2.24, 2.45) is 17.8 Å². The summed E-state index contributed by atoms with van der Waals surface area (Å²) < 4.78 is 1.85. The lowest BCUT2D eigenvalue weighted by atomic mass is 9.81. The number of aromatic nitrogens is 5. The zero-order valence-corrected chi connectivity index (χ0v) is 24.8. The number of carbonyl (C=O) groups excluding carboxylic acids is 2. The van der Waals surface area contributed by atoms with Gasteiger partial charge in [0.05, 0.1) is 30.0 Å². The average Bonchev–Trinajstić information content (AvgIpc) is 3.38. The van der Waals surface area contributed by atoms with E-state index in [2.05, 4.69) is 32.7 Å². The van der Waals surface area contributed by atoms with Gasteiger partial charge in [-0.15, -0.1) is 10.2 Å². The molecule has 1 saturated carbocycles. The highest BCUT2D eigenvalue weighted by Gasteiger charge is 2.32. The Kier molecular flexibility index (Phi) is 10.8. The summed E-state index contributed by atoms with van der Waals surface area (Å²) in [6.07, 6.45) is 12.9. The van der Waals surface area contributed by atoms with E-state index in [1.165, 1.54) is 19.3 Å². The van der Waals surface area contributed by atoms with Gasteiger partial charge in [0.1, 0.15) is 5.82 Å². The molecule has 10 heteroatoms. The van der Waals surface area contributed by atoms with E-state index in [4.69, 9.17) is 4.98 Å². The maximum absolute atomic E-state index is 13.5. The van der Waals surface area contributed by atoms with Crippen LogP contribution in [-0.4, -0.2) is 60.7 Å². The molecule has 222 valence electrons. The van der Waals surface area contributed by atoms with E-state index in [-0.39, 0.29) is 30.1 Å². The predicted molar refractivity (Wildman–Crippen MR) is 158 cm³/mol. The van der Waals surface area contributed by atoms with E-state index in [0.717, 1.165) is 42.6 Å². The van der Waals surface area contributed by atoms with Gasteiger partial charge in [-0.3, -0.25) is 19.0 Å². The molecular weight excluding hydrogens is 518 g/mol. The second-order valence-corrected chi connectivity index (χ2v) is 11.7. The fourth-order valence-corrected chi connectivity index (χ4v) is 5.97. The number of aryl methyl sites for hydroxylation is 1. The molecule has 1 aliphatic carbocycles. The summed E-state index contributed by atoms with van der Waals surface area (Å²) in [6, 6.07) is 3.38. The number of nitrogens with zero attached hydrogens (tertiary/aromatic N) is 5. The quantitative estimate of drug-likeness (QED) is 0.287. The van der Waals surface area contributed by atoms with Crippen LogP contribution in [0.2, 0.25) is 0 Å². The van der Waals surface area contributed by atoms with Gasteiger partial charge < -0.3 is 15.7 Å². The van der Waals surface area contributed by atoms with Crippen LogP contribution in [0.4, 0.5) is 0 Å². The van der Waals surface area contributed by atoms with Crippen LogP contribution >= 0.6 is 0 Å². The van der Waals surface area contributed by atoms with E-state index >= 15 is 0 Å². The Bertz CT molecular complexity index is 1290. The zero-order chi connectivity index (χ0) is 29.4. The third-order valence-corrected chi connectivity index (χ3v) is 8.30. The van der Waals surface area contributed by atoms with Crippen molar-refractivity contribution in [3.63, 3.8) is 0 Å². The summed E-state index contributed by atoms with van der Waals surface area (Å²) in [4.78, 5) is 35.1. The monoisotopic (exact) mass is 563 g/mol. The van der Waals surface area contributed by atoms with Gasteiger partial charge >= 0.3 is 0 Å². The van der Waals surface area contributed by atoms with Gasteiger partial charge in [0.2, 0.25) is 11.8 Å². The molecule has 3 N–H and O–H groups in total. The topological polar surface area (TPSA) is 134 Å². The highest BCUT2D eigenvalue weighted by Crippen LogP contribution is 2.30. The minimum absolute atomic E-state index is 0.0141. The van der Waals surface area contributed by atoms with E-state index in [1.54, 1.807) is 19.4 Å². The number of aliphatic hydroxyl groups excluding tert-OH is 1. The highest BCUT2D eigenvalue weighted by atomic mass is 16.3. The van der Waals surface area contributed by atoms with Crippen LogP contribution in [0.5, 0.6) is 0 Å². The van der Waals surface area contributed by atoms with Crippen LogP contribution < -0.4 is 10.6 Å². The molecule has 3 atom stereocenters. The lowest BCUT2D eigenvalue weighted by Gasteiger charge is -2.32. The number of nitrogens with one attached hydrogen (secondary N) is 2. The number of pyridine rings is 1. The molecular formula is C31H45N7O3. The zero-order valence-electron chi connectivity index (χ0n) is 24.8. The van der Waals surface area contributed by atoms with Gasteiger partial charge in [-0.1, -0.05) is 59.3 Å². The summed E-state index contributed by atoms with van der Waals surface area (Å²) in [6.45, 7) is 6.06. The van der Waals surface area contributed by atoms with Crippen LogP contribution in [0, 0.1) is 17.8 Å². The van der Waals surface area contributed by atoms with Gasteiger partial charge in [0.25, 0.3) is 0 Å². The second kappa shape index (κ2) is 14.5. The molecule has 1 aliphatic rings. The second-order valence-electron chi connectivity index (χ2n) is 11.7. The molecule has 0 aliphatic heterocycles. The first-order valence-corrected chi connectivity index (χ1v) is 15.1. The number of fused-ring (bicyclic) bond motifs is 1. The smallest absolute Gasteiger partial charge is 0.227 e. The summed E-state index contributed by atoms with van der Waals surface area (Å²) in [5, 5.41) is 26.0. The van der Waals surface area contributed by atoms with Crippen molar-refractivity contribution in [3.8, 4) is 11.3 Å². The van der Waals surface area contributed by atoms with Gasteiger partial charge in [-0.05, 0) is 43.2 Å². The Morgan fingerprint density at radius 2 is 1.95 bits per heavy atom. The molecule has 3 heterocycles. The first-order valence-electron chi connectivity index (χ1n) is 15.1. The summed E-state index contributed by atoms with van der Waals surface area (Å²) >= 11 is 0. The number of hydrogen-bond donors (Lipinski definition) is 3. The van der Waals surface area contributed by atoms with Gasteiger partial charge in [-0.25, -0.2) is 4.98 Å². The van der Waals surface area contributed by atoms with E-state index in [0.29, 0.717) is 30.2 Å². The maximum atomic E-state index is 13.5. The van der Waals surface area contributed by atoms with Crippen molar-refractivity contribution < 1.29 is 14.7 Å². The summed E-state index contributed by atoms with van der Waals surface area (Å²) in [7, 11) is 1.62. The Morgan fingerprint density at radius 3 is 2.61 bits per heavy atom. The predicted octanol–water partition coefficient (Wildman–Crippen LogP) is 3.91. The van der Waals surface area contributed by atoms with Crippen molar-refractivity contribution in [1.82, 2.24) is 35.2 Å². The van der Waals surface area contributed by atoms with Crippen molar-refractivity contribution in [3.05, 3.63) is 42.2 Å². The van der Waals surface area contributed by atoms with Crippen molar-refractivity contribution >= 4 is 17.5 Å². The first kappa shape index (κ1) is 30.6. The molecule has 0 saturated heterocycles. The molecule has 1 unspecified atom stereocenters. The van der Waals surface area contributed by atoms with Crippen molar-refractivity contribution in [1.29, 1.82) is 0 Å². The van der Waals surface area contributed by atoms with E-state index < -0.39 is 12.1 Å². The summed E-state index contributed by atoms with van der Waals surface area (Å²) in [5.41, 5.74) is 3.09. The molecule has 10 nitrogen and oxygen atoms in total. The Morgan fingerprint density at radius 1 is 1.17 bits per heavy atom. The standard InChI is InChI=1S/C31H45N7O3/c1-5-10-24-30-37-36-28(38(30)19-26(34-24)22-13-9-14-33-18-22)17-29(40)35-25(15-21-11-7-6-8-12-21)27(39)16-23(20(2)3)31(41)32-4/h9,13-14,18-21,23,25,27,39H,5-8,10-12,15-17H2,1-4H3,(H,32,41)(H,35,40)/t23-,25?,27-/m0/s1. The lowest BCUT2D eigenvalue weighted by Crippen LogP contribution is -2.47. The van der Waals surface area contributed by atoms with Gasteiger partial charge in [-0.2, -0.15) is 0 Å². The number of rotatable bonds is 13. The molecule has 0 bridgehead atoms. The molecule has 2 amide bonds. The van der Waals surface area contributed by atoms with E-state index in [1.807, 2.05) is 36.6 Å². The number of hydrogen-bond acceptors (Lipinski definition) is 7. The number of aliphatic hydroxyl groups is 1. The van der Waals surface area contributed by atoms with Gasteiger partial charge in [0.15, 0.2) is 5.65 Å². The SMILES string of the molecule is CCCc1nc(-c2cccnc2)cn2c(CC(=O)NC(CC3CCCCC3)[C@@H](O)C[C@H](C(=O)NC)C(C)C)nnc12. The third kappa shape index (κ3) is 7.87. The van der Waals surface area contributed by atoms with Crippen molar-refractivity contribution in [2.75, 3.05) is 7.05 Å². The van der Waals surface area contributed by atoms with Gasteiger partial charge in [0, 0.05) is 37.1 Å². The molecule has 41 heavy (non-hydrogen) atoms. The molecule has 0 aromatic carbocycles. The maximum Gasteiger partial charge on any atom is 0.227 e. The third-order valence-electron chi connectivity index (χ3n) is 8.30. The molecule has 3 aromatic rings. The molecule has 4 rings (SSSR count). The normalized spacial score (nSPS) is 16.4. The largest absolute Gasteiger partial charge is 0.391 e. The number of carbonyl (C=O) groups is 2.